The van der Waals surface area contributed by atoms with Crippen LogP contribution in [0.25, 0.3) is 0 Å². The summed E-state index contributed by atoms with van der Waals surface area (Å²) in [4.78, 5) is 0. The first-order chi connectivity index (χ1) is 9.88. The highest BCUT2D eigenvalue weighted by Crippen LogP contribution is 2.15. The molecule has 6 nitrogen and oxygen atoms in total. The van der Waals surface area contributed by atoms with Crippen LogP contribution < -0.4 is 5.32 Å². The van der Waals surface area contributed by atoms with Crippen molar-refractivity contribution in [3.8, 4) is 0 Å². The highest BCUT2D eigenvalue weighted by Gasteiger charge is 2.30. The second kappa shape index (κ2) is 6.91. The SMILES string of the molecule is C[C@@H]1CN(S(=O)(=O)CCN[C@H](C)c2ccco2)C[C@H](C)O1. The van der Waals surface area contributed by atoms with E-state index in [1.807, 2.05) is 32.9 Å². The van der Waals surface area contributed by atoms with E-state index in [0.717, 1.165) is 5.76 Å². The average Bonchev–Trinajstić information content (AvgIpc) is 2.91. The second-order valence-corrected chi connectivity index (χ2v) is 7.67. The van der Waals surface area contributed by atoms with E-state index in [0.29, 0.717) is 19.6 Å². The minimum Gasteiger partial charge on any atom is -0.468 e. The number of hydrogen-bond donors (Lipinski definition) is 1. The minimum atomic E-state index is -3.25. The van der Waals surface area contributed by atoms with Crippen molar-refractivity contribution >= 4 is 10.0 Å². The molecule has 1 aromatic heterocycles. The van der Waals surface area contributed by atoms with Crippen molar-refractivity contribution in [2.45, 2.75) is 39.0 Å². The summed E-state index contributed by atoms with van der Waals surface area (Å²) in [6, 6.07) is 3.69. The molecule has 1 fully saturated rings. The lowest BCUT2D eigenvalue weighted by molar-refractivity contribution is -0.0440. The van der Waals surface area contributed by atoms with E-state index in [4.69, 9.17) is 9.15 Å². The summed E-state index contributed by atoms with van der Waals surface area (Å²) in [5.74, 6) is 0.887. The smallest absolute Gasteiger partial charge is 0.215 e. The van der Waals surface area contributed by atoms with Gasteiger partial charge in [0, 0.05) is 19.6 Å². The molecule has 0 saturated carbocycles. The molecule has 2 heterocycles. The second-order valence-electron chi connectivity index (χ2n) is 5.58. The first kappa shape index (κ1) is 16.5. The van der Waals surface area contributed by atoms with Crippen LogP contribution in [0.4, 0.5) is 0 Å². The summed E-state index contributed by atoms with van der Waals surface area (Å²) in [7, 11) is -3.25. The maximum Gasteiger partial charge on any atom is 0.215 e. The van der Waals surface area contributed by atoms with Gasteiger partial charge in [-0.25, -0.2) is 8.42 Å². The van der Waals surface area contributed by atoms with Crippen LogP contribution in [-0.4, -0.2) is 50.3 Å². The largest absolute Gasteiger partial charge is 0.468 e. The van der Waals surface area contributed by atoms with Gasteiger partial charge in [0.1, 0.15) is 5.76 Å². The Hall–Kier alpha value is -0.890. The van der Waals surface area contributed by atoms with Gasteiger partial charge >= 0.3 is 0 Å². The van der Waals surface area contributed by atoms with Gasteiger partial charge in [0.05, 0.1) is 30.3 Å². The minimum absolute atomic E-state index is 0.00210. The number of hydrogen-bond acceptors (Lipinski definition) is 5. The van der Waals surface area contributed by atoms with Crippen molar-refractivity contribution in [2.24, 2.45) is 0 Å². The van der Waals surface area contributed by atoms with E-state index >= 15 is 0 Å². The summed E-state index contributed by atoms with van der Waals surface area (Å²) in [6.45, 7) is 7.00. The molecule has 21 heavy (non-hydrogen) atoms. The zero-order valence-electron chi connectivity index (χ0n) is 12.8. The van der Waals surface area contributed by atoms with E-state index in [1.54, 1.807) is 6.26 Å². The Bertz CT molecular complexity index is 519. The van der Waals surface area contributed by atoms with Gasteiger partial charge in [0.15, 0.2) is 0 Å². The van der Waals surface area contributed by atoms with E-state index in [1.165, 1.54) is 4.31 Å². The number of nitrogens with one attached hydrogen (secondary N) is 1. The first-order valence-corrected chi connectivity index (χ1v) is 8.89. The van der Waals surface area contributed by atoms with Crippen LogP contribution in [0.3, 0.4) is 0 Å². The fourth-order valence-corrected chi connectivity index (χ4v) is 4.04. The van der Waals surface area contributed by atoms with Gasteiger partial charge in [-0.2, -0.15) is 4.31 Å². The Morgan fingerprint density at radius 1 is 1.38 bits per heavy atom. The van der Waals surface area contributed by atoms with Crippen LogP contribution in [0.5, 0.6) is 0 Å². The van der Waals surface area contributed by atoms with Gasteiger partial charge in [-0.15, -0.1) is 0 Å². The molecule has 0 amide bonds. The molecular weight excluding hydrogens is 292 g/mol. The van der Waals surface area contributed by atoms with Crippen molar-refractivity contribution in [3.05, 3.63) is 24.2 Å². The van der Waals surface area contributed by atoms with Crippen molar-refractivity contribution in [3.63, 3.8) is 0 Å². The van der Waals surface area contributed by atoms with Gasteiger partial charge in [-0.3, -0.25) is 0 Å². The molecule has 0 bridgehead atoms. The van der Waals surface area contributed by atoms with Crippen LogP contribution in [0, 0.1) is 0 Å². The molecule has 7 heteroatoms. The Balaban J connectivity index is 1.84. The molecule has 0 spiro atoms. The van der Waals surface area contributed by atoms with Gasteiger partial charge in [0.25, 0.3) is 0 Å². The summed E-state index contributed by atoms with van der Waals surface area (Å²) < 4.78 is 37.1. The number of nitrogens with zero attached hydrogens (tertiary/aromatic N) is 1. The first-order valence-electron chi connectivity index (χ1n) is 7.28. The summed E-state index contributed by atoms with van der Waals surface area (Å²) in [5, 5.41) is 3.17. The summed E-state index contributed by atoms with van der Waals surface area (Å²) in [6.07, 6.45) is 1.50. The standard InChI is InChI=1S/C14H24N2O4S/c1-11-9-16(10-12(2)20-11)21(17,18)8-6-15-13(3)14-5-4-7-19-14/h4-5,7,11-13,15H,6,8-10H2,1-3H3/t11-,12+,13-/m1/s1. The van der Waals surface area contributed by atoms with Gasteiger partial charge in [-0.1, -0.05) is 0 Å². The molecule has 0 aromatic carbocycles. The lowest BCUT2D eigenvalue weighted by atomic mass is 10.2. The Kier molecular flexibility index (Phi) is 5.43. The van der Waals surface area contributed by atoms with Gasteiger partial charge < -0.3 is 14.5 Å². The number of sulfonamides is 1. The molecule has 3 atom stereocenters. The molecule has 0 aliphatic carbocycles. The molecular formula is C14H24N2O4S. The lowest BCUT2D eigenvalue weighted by Crippen LogP contribution is -2.49. The average molecular weight is 316 g/mol. The lowest BCUT2D eigenvalue weighted by Gasteiger charge is -2.34. The van der Waals surface area contributed by atoms with Crippen molar-refractivity contribution < 1.29 is 17.6 Å². The molecule has 1 aliphatic heterocycles. The topological polar surface area (TPSA) is 71.8 Å². The normalized spacial score (nSPS) is 25.9. The molecule has 1 aliphatic rings. The maximum atomic E-state index is 12.4. The zero-order chi connectivity index (χ0) is 15.5. The van der Waals surface area contributed by atoms with E-state index < -0.39 is 10.0 Å². The maximum absolute atomic E-state index is 12.4. The summed E-state index contributed by atoms with van der Waals surface area (Å²) >= 11 is 0. The molecule has 1 saturated heterocycles. The predicted molar refractivity (Wildman–Crippen MR) is 80.5 cm³/mol. The van der Waals surface area contributed by atoms with Crippen LogP contribution >= 0.6 is 0 Å². The molecule has 1 aromatic rings. The van der Waals surface area contributed by atoms with Crippen LogP contribution in [0.1, 0.15) is 32.6 Å². The quantitative estimate of drug-likeness (QED) is 0.858. The van der Waals surface area contributed by atoms with Gasteiger partial charge in [-0.05, 0) is 32.9 Å². The molecule has 2 rings (SSSR count). The Morgan fingerprint density at radius 2 is 2.05 bits per heavy atom. The molecule has 120 valence electrons. The monoisotopic (exact) mass is 316 g/mol. The van der Waals surface area contributed by atoms with E-state index in [9.17, 15) is 8.42 Å². The third-order valence-corrected chi connectivity index (χ3v) is 5.36. The molecule has 0 unspecified atom stereocenters. The highest BCUT2D eigenvalue weighted by molar-refractivity contribution is 7.89. The van der Waals surface area contributed by atoms with Gasteiger partial charge in [0.2, 0.25) is 10.0 Å². The third kappa shape index (κ3) is 4.54. The fourth-order valence-electron chi connectivity index (χ4n) is 2.53. The highest BCUT2D eigenvalue weighted by atomic mass is 32.2. The fraction of sp³-hybridized carbons (Fsp3) is 0.714. The number of rotatable bonds is 6. The number of furan rings is 1. The van der Waals surface area contributed by atoms with Crippen LogP contribution in [-0.2, 0) is 14.8 Å². The van der Waals surface area contributed by atoms with E-state index in [2.05, 4.69) is 5.32 Å². The Morgan fingerprint density at radius 3 is 2.62 bits per heavy atom. The number of ether oxygens (including phenoxy) is 1. The van der Waals surface area contributed by atoms with E-state index in [-0.39, 0.29) is 24.0 Å². The predicted octanol–water partition coefficient (Wildman–Crippen LogP) is 1.37. The van der Waals surface area contributed by atoms with Crippen LogP contribution in [0.15, 0.2) is 22.8 Å². The summed E-state index contributed by atoms with van der Waals surface area (Å²) in [5.41, 5.74) is 0. The van der Waals surface area contributed by atoms with Crippen LogP contribution in [0.2, 0.25) is 0 Å². The third-order valence-electron chi connectivity index (χ3n) is 3.56. The van der Waals surface area contributed by atoms with Crippen molar-refractivity contribution in [1.29, 1.82) is 0 Å². The van der Waals surface area contributed by atoms with Crippen molar-refractivity contribution in [1.82, 2.24) is 9.62 Å². The zero-order valence-corrected chi connectivity index (χ0v) is 13.6. The molecule has 0 radical (unpaired) electrons. The van der Waals surface area contributed by atoms with Crippen molar-refractivity contribution in [2.75, 3.05) is 25.4 Å². The molecule has 1 N–H and O–H groups in total. The number of morpholine rings is 1. The Labute approximate surface area is 126 Å².